The highest BCUT2D eigenvalue weighted by Gasteiger charge is 2.49. The van der Waals surface area contributed by atoms with Crippen molar-refractivity contribution in [2.75, 3.05) is 7.05 Å². The summed E-state index contributed by atoms with van der Waals surface area (Å²) < 4.78 is 29.2. The molecule has 1 unspecified atom stereocenters. The lowest BCUT2D eigenvalue weighted by atomic mass is 9.83. The van der Waals surface area contributed by atoms with Gasteiger partial charge in [-0.25, -0.2) is 4.99 Å². The molecule has 25 heavy (non-hydrogen) atoms. The van der Waals surface area contributed by atoms with Crippen LogP contribution >= 0.6 is 11.6 Å². The third kappa shape index (κ3) is 2.80. The van der Waals surface area contributed by atoms with Gasteiger partial charge in [-0.05, 0) is 23.3 Å². The molecular formula is C17H14ClF2N3O2. The Kier molecular flexibility index (Phi) is 4.34. The molecule has 1 heterocycles. The first-order valence-corrected chi connectivity index (χ1v) is 7.68. The molecule has 2 aromatic carbocycles. The highest BCUT2D eigenvalue weighted by atomic mass is 35.5. The van der Waals surface area contributed by atoms with Crippen molar-refractivity contribution in [3.05, 3.63) is 64.7 Å². The van der Waals surface area contributed by atoms with Gasteiger partial charge in [0.2, 0.25) is 0 Å². The standard InChI is InChI=1S/C17H14ClF2N3O2/c1-23-14(24)17(22-16(23)21,10-5-3-2-4-6-10)11-7-8-13(12(18)9-11)25-15(19)20/h2-9,15H,1H3,(H2,21,22). The Balaban J connectivity index is 2.18. The number of rotatable bonds is 4. The number of carbonyl (C=O) groups is 1. The molecule has 2 N–H and O–H groups in total. The van der Waals surface area contributed by atoms with Crippen molar-refractivity contribution in [1.29, 1.82) is 0 Å². The van der Waals surface area contributed by atoms with Gasteiger partial charge in [-0.15, -0.1) is 0 Å². The Morgan fingerprint density at radius 2 is 1.88 bits per heavy atom. The van der Waals surface area contributed by atoms with Gasteiger partial charge in [-0.1, -0.05) is 48.0 Å². The third-order valence-electron chi connectivity index (χ3n) is 4.00. The Labute approximate surface area is 147 Å². The minimum atomic E-state index is -3.00. The average molecular weight is 366 g/mol. The van der Waals surface area contributed by atoms with Gasteiger partial charge in [0.25, 0.3) is 5.91 Å². The molecule has 0 fully saturated rings. The second-order valence-electron chi connectivity index (χ2n) is 5.43. The molecule has 0 bridgehead atoms. The van der Waals surface area contributed by atoms with Crippen LogP contribution in [0.25, 0.3) is 0 Å². The highest BCUT2D eigenvalue weighted by Crippen LogP contribution is 2.41. The van der Waals surface area contributed by atoms with Gasteiger partial charge in [-0.3, -0.25) is 9.69 Å². The van der Waals surface area contributed by atoms with Crippen LogP contribution in [0.2, 0.25) is 5.02 Å². The van der Waals surface area contributed by atoms with Gasteiger partial charge >= 0.3 is 6.61 Å². The SMILES string of the molecule is CN1C(=O)C(c2ccccc2)(c2ccc(OC(F)F)c(Cl)c2)N=C1N. The molecule has 1 aliphatic rings. The average Bonchev–Trinajstić information content (AvgIpc) is 2.82. The molecule has 5 nitrogen and oxygen atoms in total. The van der Waals surface area contributed by atoms with Crippen LogP contribution in [0.1, 0.15) is 11.1 Å². The van der Waals surface area contributed by atoms with E-state index in [1.54, 1.807) is 30.3 Å². The minimum absolute atomic E-state index is 0.0516. The number of alkyl halides is 2. The predicted molar refractivity (Wildman–Crippen MR) is 89.7 cm³/mol. The Morgan fingerprint density at radius 1 is 1.20 bits per heavy atom. The summed E-state index contributed by atoms with van der Waals surface area (Å²) in [6.07, 6.45) is 0. The van der Waals surface area contributed by atoms with Gasteiger partial charge in [-0.2, -0.15) is 8.78 Å². The lowest BCUT2D eigenvalue weighted by Crippen LogP contribution is -2.41. The fourth-order valence-corrected chi connectivity index (χ4v) is 3.01. The minimum Gasteiger partial charge on any atom is -0.433 e. The number of likely N-dealkylation sites (N-methyl/N-ethyl adjacent to an activating group) is 1. The van der Waals surface area contributed by atoms with E-state index in [1.165, 1.54) is 30.1 Å². The third-order valence-corrected chi connectivity index (χ3v) is 4.29. The van der Waals surface area contributed by atoms with Crippen LogP contribution in [0.3, 0.4) is 0 Å². The number of guanidine groups is 1. The zero-order chi connectivity index (χ0) is 18.2. The number of ether oxygens (including phenoxy) is 1. The van der Waals surface area contributed by atoms with E-state index in [-0.39, 0.29) is 22.6 Å². The Morgan fingerprint density at radius 3 is 2.40 bits per heavy atom. The molecule has 0 aromatic heterocycles. The number of amides is 1. The number of halogens is 3. The molecule has 1 amide bonds. The summed E-state index contributed by atoms with van der Waals surface area (Å²) in [6.45, 7) is -3.00. The number of nitrogens with zero attached hydrogens (tertiary/aromatic N) is 2. The fourth-order valence-electron chi connectivity index (χ4n) is 2.78. The molecular weight excluding hydrogens is 352 g/mol. The fraction of sp³-hybridized carbons (Fsp3) is 0.176. The number of hydrogen-bond acceptors (Lipinski definition) is 4. The van der Waals surface area contributed by atoms with Crippen molar-refractivity contribution >= 4 is 23.5 Å². The molecule has 0 saturated carbocycles. The summed E-state index contributed by atoms with van der Waals surface area (Å²) in [5.74, 6) is -0.493. The molecule has 1 atom stereocenters. The molecule has 130 valence electrons. The molecule has 1 aliphatic heterocycles. The van der Waals surface area contributed by atoms with Crippen molar-refractivity contribution in [2.24, 2.45) is 10.7 Å². The predicted octanol–water partition coefficient (Wildman–Crippen LogP) is 2.97. The van der Waals surface area contributed by atoms with Gasteiger partial charge in [0.1, 0.15) is 5.75 Å². The van der Waals surface area contributed by atoms with E-state index >= 15 is 0 Å². The van der Waals surface area contributed by atoms with Gasteiger partial charge in [0.05, 0.1) is 5.02 Å². The first-order chi connectivity index (χ1) is 11.9. The van der Waals surface area contributed by atoms with E-state index in [4.69, 9.17) is 17.3 Å². The number of carbonyl (C=O) groups excluding carboxylic acids is 1. The second-order valence-corrected chi connectivity index (χ2v) is 5.84. The second kappa shape index (κ2) is 6.33. The highest BCUT2D eigenvalue weighted by molar-refractivity contribution is 6.32. The summed E-state index contributed by atoms with van der Waals surface area (Å²) in [5.41, 5.74) is 5.42. The largest absolute Gasteiger partial charge is 0.433 e. The van der Waals surface area contributed by atoms with E-state index in [2.05, 4.69) is 9.73 Å². The van der Waals surface area contributed by atoms with Crippen LogP contribution < -0.4 is 10.5 Å². The number of benzene rings is 2. The van der Waals surface area contributed by atoms with E-state index < -0.39 is 12.2 Å². The first-order valence-electron chi connectivity index (χ1n) is 7.30. The first kappa shape index (κ1) is 17.2. The molecule has 3 rings (SSSR count). The van der Waals surface area contributed by atoms with Crippen LogP contribution in [-0.2, 0) is 10.3 Å². The monoisotopic (exact) mass is 365 g/mol. The van der Waals surface area contributed by atoms with Gasteiger partial charge in [0.15, 0.2) is 11.5 Å². The Bertz CT molecular complexity index is 845. The van der Waals surface area contributed by atoms with Crippen LogP contribution in [0.5, 0.6) is 5.75 Å². The number of hydrogen-bond donors (Lipinski definition) is 1. The number of nitrogens with two attached hydrogens (primary N) is 1. The van der Waals surface area contributed by atoms with Crippen LogP contribution in [0, 0.1) is 0 Å². The van der Waals surface area contributed by atoms with Crippen molar-refractivity contribution in [3.63, 3.8) is 0 Å². The maximum Gasteiger partial charge on any atom is 0.387 e. The van der Waals surface area contributed by atoms with Crippen LogP contribution in [-0.4, -0.2) is 30.4 Å². The summed E-state index contributed by atoms with van der Waals surface area (Å²) in [6, 6.07) is 13.0. The smallest absolute Gasteiger partial charge is 0.387 e. The zero-order valence-electron chi connectivity index (χ0n) is 13.1. The summed E-state index contributed by atoms with van der Waals surface area (Å²) in [4.78, 5) is 18.6. The van der Waals surface area contributed by atoms with Crippen LogP contribution in [0.15, 0.2) is 53.5 Å². The molecule has 0 spiro atoms. The molecule has 0 aliphatic carbocycles. The lowest BCUT2D eigenvalue weighted by molar-refractivity contribution is -0.129. The molecule has 8 heteroatoms. The summed E-state index contributed by atoms with van der Waals surface area (Å²) in [7, 11) is 1.52. The normalized spacial score (nSPS) is 20.1. The van der Waals surface area contributed by atoms with Gasteiger partial charge < -0.3 is 10.5 Å². The summed E-state index contributed by atoms with van der Waals surface area (Å²) >= 11 is 6.06. The summed E-state index contributed by atoms with van der Waals surface area (Å²) in [5, 5.41) is -0.0516. The molecule has 2 aromatic rings. The maximum absolute atomic E-state index is 12.9. The maximum atomic E-state index is 12.9. The van der Waals surface area contributed by atoms with Crippen LogP contribution in [0.4, 0.5) is 8.78 Å². The van der Waals surface area contributed by atoms with Crippen molar-refractivity contribution in [1.82, 2.24) is 4.90 Å². The van der Waals surface area contributed by atoms with E-state index in [0.29, 0.717) is 11.1 Å². The Hall–Kier alpha value is -2.67. The van der Waals surface area contributed by atoms with E-state index in [9.17, 15) is 13.6 Å². The lowest BCUT2D eigenvalue weighted by Gasteiger charge is -2.26. The molecule has 0 radical (unpaired) electrons. The number of aliphatic imine (C=N–C) groups is 1. The van der Waals surface area contributed by atoms with E-state index in [0.717, 1.165) is 0 Å². The van der Waals surface area contributed by atoms with Gasteiger partial charge in [0, 0.05) is 7.05 Å². The van der Waals surface area contributed by atoms with Crippen molar-refractivity contribution in [2.45, 2.75) is 12.2 Å². The molecule has 0 saturated heterocycles. The quantitative estimate of drug-likeness (QED) is 0.905. The van der Waals surface area contributed by atoms with E-state index in [1.807, 2.05) is 0 Å². The topological polar surface area (TPSA) is 67.9 Å². The van der Waals surface area contributed by atoms with Crippen molar-refractivity contribution < 1.29 is 18.3 Å². The van der Waals surface area contributed by atoms with Crippen molar-refractivity contribution in [3.8, 4) is 5.75 Å². The zero-order valence-corrected chi connectivity index (χ0v) is 13.9.